The molecule has 3 aromatic rings. The standard InChI is InChI=1S/C27H30O3Si/c1-20(25(28)21-16-18-22(30-5)19-17-21)26(29)31(27(2,3)4,23-12-8-6-9-13-23)24-14-10-7-11-15-24/h6-19,25,28H,1H2,2-5H3. The first-order valence-corrected chi connectivity index (χ1v) is 12.4. The van der Waals surface area contributed by atoms with E-state index in [1.807, 2.05) is 60.7 Å². The Morgan fingerprint density at radius 2 is 1.32 bits per heavy atom. The van der Waals surface area contributed by atoms with Crippen molar-refractivity contribution >= 4 is 23.9 Å². The minimum absolute atomic E-state index is 0.0549. The van der Waals surface area contributed by atoms with Gasteiger partial charge in [0, 0.05) is 5.57 Å². The fourth-order valence-corrected chi connectivity index (χ4v) is 9.64. The van der Waals surface area contributed by atoms with Crippen LogP contribution >= 0.6 is 0 Å². The maximum absolute atomic E-state index is 14.3. The molecule has 0 bridgehead atoms. The van der Waals surface area contributed by atoms with Gasteiger partial charge in [0.2, 0.25) is 8.07 Å². The van der Waals surface area contributed by atoms with Crippen molar-refractivity contribution in [3.05, 3.63) is 103 Å². The van der Waals surface area contributed by atoms with E-state index in [1.54, 1.807) is 31.4 Å². The topological polar surface area (TPSA) is 46.5 Å². The molecule has 31 heavy (non-hydrogen) atoms. The van der Waals surface area contributed by atoms with Crippen molar-refractivity contribution in [3.63, 3.8) is 0 Å². The van der Waals surface area contributed by atoms with Gasteiger partial charge in [-0.15, -0.1) is 0 Å². The van der Waals surface area contributed by atoms with Gasteiger partial charge in [0.1, 0.15) is 17.3 Å². The molecule has 1 N–H and O–H groups in total. The fraction of sp³-hybridized carbons (Fsp3) is 0.222. The van der Waals surface area contributed by atoms with Crippen LogP contribution in [0.25, 0.3) is 0 Å². The van der Waals surface area contributed by atoms with E-state index in [0.29, 0.717) is 11.3 Å². The number of methoxy groups -OCH3 is 1. The second kappa shape index (κ2) is 9.04. The summed E-state index contributed by atoms with van der Waals surface area (Å²) in [4.78, 5) is 14.3. The van der Waals surface area contributed by atoms with Gasteiger partial charge in [0.15, 0.2) is 0 Å². The summed E-state index contributed by atoms with van der Waals surface area (Å²) in [5, 5.41) is 12.7. The number of ether oxygens (including phenoxy) is 1. The summed E-state index contributed by atoms with van der Waals surface area (Å²) in [6.07, 6.45) is -1.08. The zero-order valence-electron chi connectivity index (χ0n) is 18.6. The lowest BCUT2D eigenvalue weighted by molar-refractivity contribution is -0.110. The zero-order chi connectivity index (χ0) is 22.6. The number of carbonyl (C=O) groups is 1. The predicted molar refractivity (Wildman–Crippen MR) is 130 cm³/mol. The highest BCUT2D eigenvalue weighted by Gasteiger charge is 2.55. The van der Waals surface area contributed by atoms with E-state index >= 15 is 0 Å². The van der Waals surface area contributed by atoms with Crippen LogP contribution in [0.4, 0.5) is 0 Å². The summed E-state index contributed by atoms with van der Waals surface area (Å²) in [6.45, 7) is 10.5. The number of rotatable bonds is 7. The second-order valence-corrected chi connectivity index (χ2v) is 13.4. The molecule has 3 rings (SSSR count). The number of hydrogen-bond donors (Lipinski definition) is 1. The summed E-state index contributed by atoms with van der Waals surface area (Å²) in [5.41, 5.74) is 0.844. The summed E-state index contributed by atoms with van der Waals surface area (Å²) in [7, 11) is -1.46. The molecule has 160 valence electrons. The molecule has 0 aromatic heterocycles. The third-order valence-electron chi connectivity index (χ3n) is 5.93. The van der Waals surface area contributed by atoms with Gasteiger partial charge in [0.05, 0.1) is 7.11 Å². The highest BCUT2D eigenvalue weighted by Crippen LogP contribution is 2.39. The molecule has 1 atom stereocenters. The van der Waals surface area contributed by atoms with E-state index in [0.717, 1.165) is 10.4 Å². The molecule has 0 aliphatic rings. The number of aliphatic hydroxyl groups excluding tert-OH is 1. The van der Waals surface area contributed by atoms with Crippen LogP contribution in [0.1, 0.15) is 32.4 Å². The molecule has 0 heterocycles. The Morgan fingerprint density at radius 1 is 0.871 bits per heavy atom. The van der Waals surface area contributed by atoms with Crippen LogP contribution in [0, 0.1) is 0 Å². The van der Waals surface area contributed by atoms with Gasteiger partial charge in [-0.25, -0.2) is 0 Å². The van der Waals surface area contributed by atoms with E-state index in [4.69, 9.17) is 4.74 Å². The molecule has 4 heteroatoms. The third kappa shape index (κ3) is 4.14. The van der Waals surface area contributed by atoms with Gasteiger partial charge < -0.3 is 9.84 Å². The average Bonchev–Trinajstić information content (AvgIpc) is 2.79. The SMILES string of the molecule is C=C(C(=O)[Si](c1ccccc1)(c1ccccc1)C(C)(C)C)C(O)c1ccc(OC)cc1. The van der Waals surface area contributed by atoms with Crippen molar-refractivity contribution in [2.24, 2.45) is 0 Å². The molecule has 0 radical (unpaired) electrons. The van der Waals surface area contributed by atoms with Gasteiger partial charge in [0.25, 0.3) is 0 Å². The second-order valence-electron chi connectivity index (χ2n) is 8.76. The van der Waals surface area contributed by atoms with E-state index in [9.17, 15) is 9.90 Å². The molecular weight excluding hydrogens is 400 g/mol. The lowest BCUT2D eigenvalue weighted by Crippen LogP contribution is -2.70. The van der Waals surface area contributed by atoms with Gasteiger partial charge in [-0.2, -0.15) is 0 Å². The summed E-state index contributed by atoms with van der Waals surface area (Å²) >= 11 is 0. The molecule has 3 nitrogen and oxygen atoms in total. The molecule has 0 fully saturated rings. The van der Waals surface area contributed by atoms with Gasteiger partial charge in [-0.3, -0.25) is 4.79 Å². The van der Waals surface area contributed by atoms with Crippen LogP contribution < -0.4 is 15.1 Å². The Hall–Kier alpha value is -2.95. The molecule has 3 aromatic carbocycles. The number of carbonyl (C=O) groups excluding carboxylic acids is 1. The zero-order valence-corrected chi connectivity index (χ0v) is 19.6. The highest BCUT2D eigenvalue weighted by atomic mass is 28.3. The molecular formula is C27H30O3Si. The van der Waals surface area contributed by atoms with Gasteiger partial charge >= 0.3 is 0 Å². The van der Waals surface area contributed by atoms with Crippen LogP contribution in [0.2, 0.25) is 5.04 Å². The molecule has 0 amide bonds. The quantitative estimate of drug-likeness (QED) is 0.445. The van der Waals surface area contributed by atoms with Crippen molar-refractivity contribution < 1.29 is 14.6 Å². The largest absolute Gasteiger partial charge is 0.497 e. The Kier molecular flexibility index (Phi) is 6.63. The predicted octanol–water partition coefficient (Wildman–Crippen LogP) is 4.46. The summed E-state index contributed by atoms with van der Waals surface area (Å²) in [6, 6.07) is 27.1. The van der Waals surface area contributed by atoms with Gasteiger partial charge in [-0.05, 0) is 33.1 Å². The van der Waals surface area contributed by atoms with Gasteiger partial charge in [-0.1, -0.05) is 100 Å². The summed E-state index contributed by atoms with van der Waals surface area (Å²) in [5.74, 6) is 0.694. The van der Waals surface area contributed by atoms with Crippen LogP contribution in [0.5, 0.6) is 5.75 Å². The number of hydrogen-bond acceptors (Lipinski definition) is 3. The van der Waals surface area contributed by atoms with E-state index < -0.39 is 14.2 Å². The van der Waals surface area contributed by atoms with E-state index in [2.05, 4.69) is 27.4 Å². The Labute approximate surface area is 186 Å². The number of benzene rings is 3. The highest BCUT2D eigenvalue weighted by molar-refractivity contribution is 7.25. The van der Waals surface area contributed by atoms with Crippen molar-refractivity contribution in [1.82, 2.24) is 0 Å². The maximum Gasteiger partial charge on any atom is 0.204 e. The van der Waals surface area contributed by atoms with Crippen LogP contribution in [0.15, 0.2) is 97.1 Å². The van der Waals surface area contributed by atoms with Crippen molar-refractivity contribution in [2.45, 2.75) is 31.9 Å². The average molecular weight is 431 g/mol. The minimum Gasteiger partial charge on any atom is -0.497 e. The monoisotopic (exact) mass is 430 g/mol. The Bertz CT molecular complexity index is 996. The first kappa shape index (κ1) is 22.7. The molecule has 0 aliphatic heterocycles. The molecule has 0 spiro atoms. The van der Waals surface area contributed by atoms with Crippen LogP contribution in [0.3, 0.4) is 0 Å². The normalized spacial score (nSPS) is 12.8. The molecule has 0 saturated carbocycles. The van der Waals surface area contributed by atoms with Crippen molar-refractivity contribution in [2.75, 3.05) is 7.11 Å². The van der Waals surface area contributed by atoms with E-state index in [1.165, 1.54) is 0 Å². The first-order chi connectivity index (χ1) is 14.7. The minimum atomic E-state index is -3.05. The first-order valence-electron chi connectivity index (χ1n) is 10.4. The van der Waals surface area contributed by atoms with Crippen molar-refractivity contribution in [1.29, 1.82) is 0 Å². The third-order valence-corrected chi connectivity index (χ3v) is 11.6. The Morgan fingerprint density at radius 3 is 1.71 bits per heavy atom. The number of aliphatic hydroxyl groups is 1. The lowest BCUT2D eigenvalue weighted by Gasteiger charge is -2.43. The Balaban J connectivity index is 2.17. The van der Waals surface area contributed by atoms with Crippen LogP contribution in [-0.2, 0) is 4.79 Å². The fourth-order valence-electron chi connectivity index (χ4n) is 4.36. The van der Waals surface area contributed by atoms with Crippen LogP contribution in [-0.4, -0.2) is 25.7 Å². The lowest BCUT2D eigenvalue weighted by atomic mass is 10.0. The smallest absolute Gasteiger partial charge is 0.204 e. The molecule has 0 saturated heterocycles. The van der Waals surface area contributed by atoms with Crippen molar-refractivity contribution in [3.8, 4) is 5.75 Å². The summed E-state index contributed by atoms with van der Waals surface area (Å²) < 4.78 is 5.21. The van der Waals surface area contributed by atoms with E-state index in [-0.39, 0.29) is 16.0 Å². The maximum atomic E-state index is 14.3. The molecule has 0 aliphatic carbocycles. The molecule has 1 unspecified atom stereocenters.